The number of carbonyl (C=O) groups is 2. The first-order valence-electron chi connectivity index (χ1n) is 9.65. The minimum atomic E-state index is -0.461. The van der Waals surface area contributed by atoms with Gasteiger partial charge in [0.25, 0.3) is 0 Å². The fourth-order valence-corrected chi connectivity index (χ4v) is 5.58. The normalized spacial score (nSPS) is 29.3. The Morgan fingerprint density at radius 2 is 1.85 bits per heavy atom. The lowest BCUT2D eigenvalue weighted by Crippen LogP contribution is -2.52. The first kappa shape index (κ1) is 19.7. The molecule has 0 aromatic heterocycles. The number of fused-ring (bicyclic) bond motifs is 3. The molecule has 1 aromatic rings. The Morgan fingerprint density at radius 3 is 2.48 bits per heavy atom. The Labute approximate surface area is 161 Å². The van der Waals surface area contributed by atoms with Crippen molar-refractivity contribution in [3.63, 3.8) is 0 Å². The fourth-order valence-electron chi connectivity index (χ4n) is 5.58. The predicted octanol–water partition coefficient (Wildman–Crippen LogP) is 3.59. The van der Waals surface area contributed by atoms with Gasteiger partial charge in [-0.1, -0.05) is 19.4 Å². The molecule has 2 aliphatic carbocycles. The smallest absolute Gasteiger partial charge is 0.311 e. The summed E-state index contributed by atoms with van der Waals surface area (Å²) in [6, 6.07) is 4.18. The summed E-state index contributed by atoms with van der Waals surface area (Å²) >= 11 is 0. The number of esters is 2. The number of ether oxygens (including phenoxy) is 3. The molecule has 1 fully saturated rings. The van der Waals surface area contributed by atoms with Crippen LogP contribution in [0.3, 0.4) is 0 Å². The molecule has 0 saturated heterocycles. The number of hydrogen-bond donors (Lipinski definition) is 0. The lowest BCUT2D eigenvalue weighted by Gasteiger charge is -2.54. The van der Waals surface area contributed by atoms with Gasteiger partial charge in [-0.2, -0.15) is 0 Å². The first-order valence-corrected chi connectivity index (χ1v) is 9.65. The highest BCUT2D eigenvalue weighted by molar-refractivity contribution is 5.77. The third kappa shape index (κ3) is 3.11. The van der Waals surface area contributed by atoms with Gasteiger partial charge in [-0.05, 0) is 61.1 Å². The Balaban J connectivity index is 2.07. The van der Waals surface area contributed by atoms with Gasteiger partial charge in [0.1, 0.15) is 5.75 Å². The SMILES string of the molecule is COC(=O)Cc1cc2c(cc1OC)[C@]1(C)CCC[C@](C)(C(=O)OC)[C@H]1CC2. The zero-order valence-electron chi connectivity index (χ0n) is 17.0. The molecule has 0 bridgehead atoms. The number of methoxy groups -OCH3 is 3. The van der Waals surface area contributed by atoms with Crippen LogP contribution in [-0.2, 0) is 37.3 Å². The Morgan fingerprint density at radius 1 is 1.11 bits per heavy atom. The maximum Gasteiger partial charge on any atom is 0.311 e. The Bertz CT molecular complexity index is 755. The van der Waals surface area contributed by atoms with Gasteiger partial charge in [-0.25, -0.2) is 0 Å². The molecule has 3 rings (SSSR count). The maximum absolute atomic E-state index is 12.6. The van der Waals surface area contributed by atoms with Crippen molar-refractivity contribution in [1.82, 2.24) is 0 Å². The molecule has 0 unspecified atom stereocenters. The van der Waals surface area contributed by atoms with Crippen molar-refractivity contribution in [2.75, 3.05) is 21.3 Å². The largest absolute Gasteiger partial charge is 0.496 e. The molecule has 0 N–H and O–H groups in total. The summed E-state index contributed by atoms with van der Waals surface area (Å²) in [7, 11) is 4.51. The van der Waals surface area contributed by atoms with Gasteiger partial charge < -0.3 is 14.2 Å². The van der Waals surface area contributed by atoms with Crippen LogP contribution in [0.2, 0.25) is 0 Å². The second-order valence-electron chi connectivity index (χ2n) is 8.35. The van der Waals surface area contributed by atoms with Crippen molar-refractivity contribution >= 4 is 11.9 Å². The van der Waals surface area contributed by atoms with E-state index in [-0.39, 0.29) is 29.7 Å². The molecular formula is C22H30O5. The molecule has 27 heavy (non-hydrogen) atoms. The minimum absolute atomic E-state index is 0.101. The zero-order valence-corrected chi connectivity index (χ0v) is 17.0. The van der Waals surface area contributed by atoms with E-state index in [0.29, 0.717) is 5.75 Å². The molecular weight excluding hydrogens is 344 g/mol. The van der Waals surface area contributed by atoms with Crippen LogP contribution in [0.1, 0.15) is 56.2 Å². The predicted molar refractivity (Wildman–Crippen MR) is 102 cm³/mol. The van der Waals surface area contributed by atoms with E-state index in [9.17, 15) is 9.59 Å². The quantitative estimate of drug-likeness (QED) is 0.754. The number of hydrogen-bond acceptors (Lipinski definition) is 5. The summed E-state index contributed by atoms with van der Waals surface area (Å²) in [6.07, 6.45) is 4.93. The maximum atomic E-state index is 12.6. The second-order valence-corrected chi connectivity index (χ2v) is 8.35. The molecule has 2 aliphatic rings. The molecule has 0 heterocycles. The molecule has 0 amide bonds. The van der Waals surface area contributed by atoms with E-state index in [4.69, 9.17) is 14.2 Å². The molecule has 5 heteroatoms. The van der Waals surface area contributed by atoms with Crippen LogP contribution in [0.25, 0.3) is 0 Å². The third-order valence-corrected chi connectivity index (χ3v) is 6.97. The molecule has 0 aliphatic heterocycles. The topological polar surface area (TPSA) is 61.8 Å². The Hall–Kier alpha value is -2.04. The highest BCUT2D eigenvalue weighted by atomic mass is 16.5. The summed E-state index contributed by atoms with van der Waals surface area (Å²) in [4.78, 5) is 24.4. The van der Waals surface area contributed by atoms with Gasteiger partial charge in [-0.15, -0.1) is 0 Å². The monoisotopic (exact) mass is 374 g/mol. The van der Waals surface area contributed by atoms with E-state index >= 15 is 0 Å². The van der Waals surface area contributed by atoms with Gasteiger partial charge in [0.05, 0.1) is 33.2 Å². The van der Waals surface area contributed by atoms with E-state index in [1.54, 1.807) is 7.11 Å². The fraction of sp³-hybridized carbons (Fsp3) is 0.636. The van der Waals surface area contributed by atoms with E-state index in [2.05, 4.69) is 26.0 Å². The van der Waals surface area contributed by atoms with E-state index in [0.717, 1.165) is 37.7 Å². The van der Waals surface area contributed by atoms with Crippen LogP contribution in [0, 0.1) is 11.3 Å². The van der Waals surface area contributed by atoms with Gasteiger partial charge >= 0.3 is 11.9 Å². The molecule has 5 nitrogen and oxygen atoms in total. The summed E-state index contributed by atoms with van der Waals surface area (Å²) in [6.45, 7) is 4.34. The van der Waals surface area contributed by atoms with E-state index < -0.39 is 5.41 Å². The average molecular weight is 374 g/mol. The van der Waals surface area contributed by atoms with Gasteiger partial charge in [-0.3, -0.25) is 9.59 Å². The second kappa shape index (κ2) is 7.17. The van der Waals surface area contributed by atoms with Crippen LogP contribution in [-0.4, -0.2) is 33.3 Å². The minimum Gasteiger partial charge on any atom is -0.496 e. The van der Waals surface area contributed by atoms with Crippen molar-refractivity contribution in [3.05, 3.63) is 28.8 Å². The van der Waals surface area contributed by atoms with Crippen LogP contribution in [0.15, 0.2) is 12.1 Å². The molecule has 3 atom stereocenters. The summed E-state index contributed by atoms with van der Waals surface area (Å²) in [5, 5.41) is 0. The Kier molecular flexibility index (Phi) is 5.24. The number of aryl methyl sites for hydroxylation is 1. The van der Waals surface area contributed by atoms with E-state index in [1.807, 2.05) is 0 Å². The third-order valence-electron chi connectivity index (χ3n) is 6.97. The lowest BCUT2D eigenvalue weighted by atomic mass is 9.49. The van der Waals surface area contributed by atoms with E-state index in [1.165, 1.54) is 25.3 Å². The zero-order chi connectivity index (χ0) is 19.8. The van der Waals surface area contributed by atoms with Gasteiger partial charge in [0.2, 0.25) is 0 Å². The summed E-state index contributed by atoms with van der Waals surface area (Å²) in [5.41, 5.74) is 2.79. The number of rotatable bonds is 4. The molecule has 148 valence electrons. The summed E-state index contributed by atoms with van der Waals surface area (Å²) < 4.78 is 15.6. The van der Waals surface area contributed by atoms with Crippen molar-refractivity contribution in [2.24, 2.45) is 11.3 Å². The first-order chi connectivity index (χ1) is 12.8. The number of carbonyl (C=O) groups excluding carboxylic acids is 2. The van der Waals surface area contributed by atoms with Crippen LogP contribution >= 0.6 is 0 Å². The molecule has 1 saturated carbocycles. The van der Waals surface area contributed by atoms with Crippen molar-refractivity contribution in [3.8, 4) is 5.75 Å². The van der Waals surface area contributed by atoms with Crippen molar-refractivity contribution in [1.29, 1.82) is 0 Å². The van der Waals surface area contributed by atoms with Gasteiger partial charge in [0.15, 0.2) is 0 Å². The van der Waals surface area contributed by atoms with Crippen LogP contribution < -0.4 is 4.74 Å². The molecule has 0 radical (unpaired) electrons. The van der Waals surface area contributed by atoms with Crippen LogP contribution in [0.4, 0.5) is 0 Å². The average Bonchev–Trinajstić information content (AvgIpc) is 2.66. The van der Waals surface area contributed by atoms with Crippen molar-refractivity contribution in [2.45, 2.75) is 57.8 Å². The summed E-state index contributed by atoms with van der Waals surface area (Å²) in [5.74, 6) is 0.571. The lowest BCUT2D eigenvalue weighted by molar-refractivity contribution is -0.161. The molecule has 1 aromatic carbocycles. The highest BCUT2D eigenvalue weighted by Gasteiger charge is 2.55. The molecule has 0 spiro atoms. The number of benzene rings is 1. The van der Waals surface area contributed by atoms with Gasteiger partial charge in [0, 0.05) is 5.56 Å². The van der Waals surface area contributed by atoms with Crippen molar-refractivity contribution < 1.29 is 23.8 Å². The highest BCUT2D eigenvalue weighted by Crippen LogP contribution is 2.58. The standard InChI is InChI=1S/C22H30O5/c1-21-9-6-10-22(2,20(24)27-5)18(21)8-7-14-11-15(12-19(23)26-4)17(25-3)13-16(14)21/h11,13,18H,6-10,12H2,1-5H3/t18-,21-,22-/m0/s1. The van der Waals surface area contributed by atoms with Crippen LogP contribution in [0.5, 0.6) is 5.75 Å².